The monoisotopic (exact) mass is 387 g/mol. The van der Waals surface area contributed by atoms with Gasteiger partial charge in [0.15, 0.2) is 0 Å². The molecule has 1 aliphatic heterocycles. The van der Waals surface area contributed by atoms with Crippen LogP contribution in [0.3, 0.4) is 0 Å². The molecule has 0 atom stereocenters. The highest BCUT2D eigenvalue weighted by molar-refractivity contribution is 6.07. The van der Waals surface area contributed by atoms with Gasteiger partial charge < -0.3 is 10.6 Å². The van der Waals surface area contributed by atoms with Gasteiger partial charge in [0.2, 0.25) is 5.91 Å². The molecule has 148 valence electrons. The van der Waals surface area contributed by atoms with Gasteiger partial charge in [-0.15, -0.1) is 0 Å². The molecule has 1 aromatic heterocycles. The Balaban J connectivity index is 1.74. The van der Waals surface area contributed by atoms with Crippen LogP contribution in [0.5, 0.6) is 0 Å². The van der Waals surface area contributed by atoms with Crippen LogP contribution in [0.2, 0.25) is 0 Å². The van der Waals surface area contributed by atoms with Crippen molar-refractivity contribution in [2.45, 2.75) is 26.7 Å². The minimum absolute atomic E-state index is 0.0170. The van der Waals surface area contributed by atoms with Crippen LogP contribution >= 0.6 is 0 Å². The highest BCUT2D eigenvalue weighted by Gasteiger charge is 2.27. The van der Waals surface area contributed by atoms with Gasteiger partial charge in [-0.3, -0.25) is 9.59 Å². The number of piperidine rings is 1. The van der Waals surface area contributed by atoms with Crippen molar-refractivity contribution in [1.82, 2.24) is 9.88 Å². The normalized spacial score (nSPS) is 14.9. The van der Waals surface area contributed by atoms with E-state index in [1.807, 2.05) is 41.3 Å². The van der Waals surface area contributed by atoms with Gasteiger partial charge in [-0.05, 0) is 56.0 Å². The summed E-state index contributed by atoms with van der Waals surface area (Å²) < 4.78 is 0. The molecule has 5 nitrogen and oxygen atoms in total. The predicted molar refractivity (Wildman–Crippen MR) is 114 cm³/mol. The van der Waals surface area contributed by atoms with Crippen LogP contribution in [0.25, 0.3) is 22.2 Å². The Labute approximate surface area is 170 Å². The predicted octanol–water partition coefficient (Wildman–Crippen LogP) is 3.86. The fourth-order valence-electron chi connectivity index (χ4n) is 3.94. The van der Waals surface area contributed by atoms with E-state index in [4.69, 9.17) is 10.7 Å². The number of aromatic nitrogens is 1. The quantitative estimate of drug-likeness (QED) is 0.741. The van der Waals surface area contributed by atoms with Crippen molar-refractivity contribution in [2.24, 2.45) is 11.7 Å². The van der Waals surface area contributed by atoms with E-state index in [0.29, 0.717) is 31.5 Å². The molecule has 0 spiro atoms. The van der Waals surface area contributed by atoms with Crippen molar-refractivity contribution in [3.63, 3.8) is 0 Å². The summed E-state index contributed by atoms with van der Waals surface area (Å²) in [6.07, 6.45) is 1.24. The van der Waals surface area contributed by atoms with Gasteiger partial charge in [-0.25, -0.2) is 4.98 Å². The number of fused-ring (bicyclic) bond motifs is 1. The minimum atomic E-state index is -0.275. The summed E-state index contributed by atoms with van der Waals surface area (Å²) in [5.41, 5.74) is 11.1. The number of likely N-dealkylation sites (tertiary alicyclic amines) is 1. The maximum atomic E-state index is 13.4. The Morgan fingerprint density at radius 2 is 1.72 bits per heavy atom. The average molecular weight is 387 g/mol. The Morgan fingerprint density at radius 1 is 1.00 bits per heavy atom. The van der Waals surface area contributed by atoms with Crippen LogP contribution in [-0.4, -0.2) is 34.8 Å². The molecular weight excluding hydrogens is 362 g/mol. The van der Waals surface area contributed by atoms with E-state index < -0.39 is 0 Å². The van der Waals surface area contributed by atoms with Crippen molar-refractivity contribution in [3.8, 4) is 11.3 Å². The number of pyridine rings is 1. The topological polar surface area (TPSA) is 76.3 Å². The lowest BCUT2D eigenvalue weighted by Gasteiger charge is -2.31. The summed E-state index contributed by atoms with van der Waals surface area (Å²) in [6, 6.07) is 15.9. The number of hydrogen-bond donors (Lipinski definition) is 1. The molecule has 0 bridgehead atoms. The van der Waals surface area contributed by atoms with Crippen molar-refractivity contribution in [3.05, 3.63) is 65.2 Å². The summed E-state index contributed by atoms with van der Waals surface area (Å²) >= 11 is 0. The molecule has 2 aromatic carbocycles. The van der Waals surface area contributed by atoms with E-state index in [1.165, 1.54) is 11.1 Å². The van der Waals surface area contributed by atoms with Gasteiger partial charge in [0.05, 0.1) is 16.8 Å². The standard InChI is InChI=1S/C24H25N3O2/c1-15-7-8-18(13-16(15)2)22-14-20(19-5-3-4-6-21(19)26-22)24(29)27-11-9-17(10-12-27)23(25)28/h3-8,13-14,17H,9-12H2,1-2H3,(H2,25,28). The molecule has 4 rings (SSSR count). The largest absolute Gasteiger partial charge is 0.369 e. The zero-order valence-corrected chi connectivity index (χ0v) is 16.8. The fourth-order valence-corrected chi connectivity index (χ4v) is 3.94. The lowest BCUT2D eigenvalue weighted by Crippen LogP contribution is -2.41. The molecule has 3 aromatic rings. The molecule has 0 aliphatic carbocycles. The van der Waals surface area contributed by atoms with Crippen LogP contribution < -0.4 is 5.73 Å². The molecule has 1 saturated heterocycles. The molecule has 0 saturated carbocycles. The number of nitrogens with two attached hydrogens (primary N) is 1. The van der Waals surface area contributed by atoms with Gasteiger partial charge >= 0.3 is 0 Å². The maximum Gasteiger partial charge on any atom is 0.254 e. The second-order valence-electron chi connectivity index (χ2n) is 7.84. The van der Waals surface area contributed by atoms with Crippen LogP contribution in [0.15, 0.2) is 48.5 Å². The zero-order valence-electron chi connectivity index (χ0n) is 16.8. The summed E-state index contributed by atoms with van der Waals surface area (Å²) in [7, 11) is 0. The van der Waals surface area contributed by atoms with E-state index in [0.717, 1.165) is 22.2 Å². The van der Waals surface area contributed by atoms with Gasteiger partial charge in [0.1, 0.15) is 0 Å². The van der Waals surface area contributed by atoms with Crippen LogP contribution in [-0.2, 0) is 4.79 Å². The molecule has 2 N–H and O–H groups in total. The van der Waals surface area contributed by atoms with Crippen molar-refractivity contribution in [2.75, 3.05) is 13.1 Å². The number of primary amides is 1. The third kappa shape index (κ3) is 3.73. The number of carbonyl (C=O) groups excluding carboxylic acids is 2. The van der Waals surface area contributed by atoms with E-state index in [9.17, 15) is 9.59 Å². The van der Waals surface area contributed by atoms with E-state index in [1.54, 1.807) is 0 Å². The molecule has 1 aliphatic rings. The van der Waals surface area contributed by atoms with E-state index in [2.05, 4.69) is 26.0 Å². The Bertz CT molecular complexity index is 1100. The minimum Gasteiger partial charge on any atom is -0.369 e. The number of benzene rings is 2. The number of carbonyl (C=O) groups is 2. The third-order valence-corrected chi connectivity index (χ3v) is 5.93. The Kier molecular flexibility index (Phi) is 5.05. The van der Waals surface area contributed by atoms with Crippen molar-refractivity contribution in [1.29, 1.82) is 0 Å². The first-order chi connectivity index (χ1) is 13.9. The van der Waals surface area contributed by atoms with Crippen LogP contribution in [0, 0.1) is 19.8 Å². The Morgan fingerprint density at radius 3 is 2.41 bits per heavy atom. The smallest absolute Gasteiger partial charge is 0.254 e. The molecular formula is C24H25N3O2. The number of amides is 2. The second-order valence-corrected chi connectivity index (χ2v) is 7.84. The molecule has 5 heteroatoms. The number of rotatable bonds is 3. The summed E-state index contributed by atoms with van der Waals surface area (Å²) in [5, 5.41) is 0.849. The molecule has 2 amide bonds. The molecule has 29 heavy (non-hydrogen) atoms. The van der Waals surface area contributed by atoms with Gasteiger partial charge in [-0.2, -0.15) is 0 Å². The average Bonchev–Trinajstić information content (AvgIpc) is 2.74. The van der Waals surface area contributed by atoms with Crippen LogP contribution in [0.1, 0.15) is 34.3 Å². The first-order valence-corrected chi connectivity index (χ1v) is 10.00. The molecule has 1 fully saturated rings. The SMILES string of the molecule is Cc1ccc(-c2cc(C(=O)N3CCC(C(N)=O)CC3)c3ccccc3n2)cc1C. The number of hydrogen-bond acceptors (Lipinski definition) is 3. The lowest BCUT2D eigenvalue weighted by molar-refractivity contribution is -0.123. The number of nitrogens with zero attached hydrogens (tertiary/aromatic N) is 2. The van der Waals surface area contributed by atoms with Gasteiger partial charge in [-0.1, -0.05) is 30.3 Å². The summed E-state index contributed by atoms with van der Waals surface area (Å²) in [6.45, 7) is 5.25. The van der Waals surface area contributed by atoms with E-state index in [-0.39, 0.29) is 17.7 Å². The lowest BCUT2D eigenvalue weighted by atomic mass is 9.95. The number of para-hydroxylation sites is 1. The zero-order chi connectivity index (χ0) is 20.5. The van der Waals surface area contributed by atoms with Crippen molar-refractivity contribution >= 4 is 22.7 Å². The number of aryl methyl sites for hydroxylation is 2. The molecule has 2 heterocycles. The Hall–Kier alpha value is -3.21. The third-order valence-electron chi connectivity index (χ3n) is 5.93. The highest BCUT2D eigenvalue weighted by Crippen LogP contribution is 2.28. The van der Waals surface area contributed by atoms with Crippen LogP contribution in [0.4, 0.5) is 0 Å². The molecule has 0 radical (unpaired) electrons. The molecule has 0 unspecified atom stereocenters. The maximum absolute atomic E-state index is 13.4. The first-order valence-electron chi connectivity index (χ1n) is 10.00. The van der Waals surface area contributed by atoms with Gasteiger partial charge in [0.25, 0.3) is 5.91 Å². The van der Waals surface area contributed by atoms with Gasteiger partial charge in [0, 0.05) is 30.0 Å². The highest BCUT2D eigenvalue weighted by atomic mass is 16.2. The summed E-state index contributed by atoms with van der Waals surface area (Å²) in [4.78, 5) is 31.4. The second kappa shape index (κ2) is 7.66. The van der Waals surface area contributed by atoms with Crippen molar-refractivity contribution < 1.29 is 9.59 Å². The summed E-state index contributed by atoms with van der Waals surface area (Å²) in [5.74, 6) is -0.431. The first kappa shape index (κ1) is 19.1. The fraction of sp³-hybridized carbons (Fsp3) is 0.292. The van der Waals surface area contributed by atoms with E-state index >= 15 is 0 Å².